The van der Waals surface area contributed by atoms with Crippen molar-refractivity contribution < 1.29 is 19.2 Å². The molecule has 7 nitrogen and oxygen atoms in total. The maximum Gasteiger partial charge on any atom is 0.345 e. The van der Waals surface area contributed by atoms with Gasteiger partial charge in [0.15, 0.2) is 0 Å². The van der Waals surface area contributed by atoms with E-state index >= 15 is 0 Å². The number of piperidine rings is 1. The average Bonchev–Trinajstić information content (AvgIpc) is 3.04. The number of fused-ring (bicyclic) bond motifs is 2. The molecule has 122 valence electrons. The molecule has 3 amide bonds. The molecular weight excluding hydrogens is 306 g/mol. The molecule has 0 aromatic heterocycles. The summed E-state index contributed by atoms with van der Waals surface area (Å²) in [6, 6.07) is -0.610. The summed E-state index contributed by atoms with van der Waals surface area (Å²) in [6.07, 6.45) is 3.34. The maximum atomic E-state index is 12.6. The van der Waals surface area contributed by atoms with Crippen molar-refractivity contribution >= 4 is 29.3 Å². The van der Waals surface area contributed by atoms with Gasteiger partial charge in [-0.2, -0.15) is 5.06 Å². The van der Waals surface area contributed by atoms with Crippen LogP contribution in [-0.4, -0.2) is 70.4 Å². The number of unbranched alkanes of at least 4 members (excludes halogenated alkanes) is 1. The van der Waals surface area contributed by atoms with Crippen LogP contribution in [0.15, 0.2) is 0 Å². The monoisotopic (exact) mass is 327 g/mol. The van der Waals surface area contributed by atoms with Gasteiger partial charge in [0.2, 0.25) is 0 Å². The van der Waals surface area contributed by atoms with Gasteiger partial charge in [0, 0.05) is 6.54 Å². The quantitative estimate of drug-likeness (QED) is 0.559. The molecule has 0 aromatic rings. The minimum atomic E-state index is -0.455. The summed E-state index contributed by atoms with van der Waals surface area (Å²) in [5.74, 6) is -0.135. The van der Waals surface area contributed by atoms with E-state index in [-0.39, 0.29) is 23.2 Å². The number of hydrogen-bond acceptors (Lipinski definition) is 5. The summed E-state index contributed by atoms with van der Waals surface area (Å²) >= 11 is 5.04. The van der Waals surface area contributed by atoms with Crippen molar-refractivity contribution in [2.75, 3.05) is 26.3 Å². The third-order valence-electron chi connectivity index (χ3n) is 4.36. The Hall–Kier alpha value is -1.41. The number of thiocarbonyl (C=S) groups is 1. The Labute approximate surface area is 135 Å². The maximum absolute atomic E-state index is 12.6. The van der Waals surface area contributed by atoms with E-state index in [9.17, 15) is 9.59 Å². The first-order valence-corrected chi connectivity index (χ1v) is 8.25. The molecule has 3 aliphatic rings. The van der Waals surface area contributed by atoms with Crippen LogP contribution in [0.1, 0.15) is 32.6 Å². The molecular formula is C14H21N3O4S. The molecule has 0 spiro atoms. The van der Waals surface area contributed by atoms with Crippen molar-refractivity contribution in [3.63, 3.8) is 0 Å². The molecule has 0 aliphatic carbocycles. The predicted octanol–water partition coefficient (Wildman–Crippen LogP) is 1.13. The lowest BCUT2D eigenvalue weighted by Crippen LogP contribution is -2.51. The fraction of sp³-hybridized carbons (Fsp3) is 0.786. The lowest BCUT2D eigenvalue weighted by molar-refractivity contribution is -0.133. The lowest BCUT2D eigenvalue weighted by Gasteiger charge is -2.31. The van der Waals surface area contributed by atoms with Crippen molar-refractivity contribution in [2.24, 2.45) is 0 Å². The molecule has 0 aromatic carbocycles. The molecule has 3 saturated heterocycles. The third kappa shape index (κ3) is 2.65. The molecule has 0 unspecified atom stereocenters. The van der Waals surface area contributed by atoms with Gasteiger partial charge in [0.05, 0.1) is 19.2 Å². The second-order valence-corrected chi connectivity index (χ2v) is 6.15. The van der Waals surface area contributed by atoms with Gasteiger partial charge in [0.25, 0.3) is 11.1 Å². The molecule has 2 atom stereocenters. The number of amides is 3. The summed E-state index contributed by atoms with van der Waals surface area (Å²) in [5, 5.41) is 1.68. The number of carbonyl (C=O) groups is 2. The van der Waals surface area contributed by atoms with Crippen LogP contribution < -0.4 is 0 Å². The van der Waals surface area contributed by atoms with Crippen LogP contribution >= 0.6 is 12.2 Å². The Morgan fingerprint density at radius 3 is 2.95 bits per heavy atom. The highest BCUT2D eigenvalue weighted by Crippen LogP contribution is 2.31. The van der Waals surface area contributed by atoms with Crippen molar-refractivity contribution in [3.8, 4) is 0 Å². The predicted molar refractivity (Wildman–Crippen MR) is 81.9 cm³/mol. The van der Waals surface area contributed by atoms with Gasteiger partial charge in [-0.1, -0.05) is 13.3 Å². The number of urea groups is 1. The Morgan fingerprint density at radius 1 is 1.45 bits per heavy atom. The SMILES string of the molecule is CCCCON1C(=O)N2C[C@H]1CC[C@H]2C(=O)N1CCOC1=S. The Kier molecular flexibility index (Phi) is 4.49. The summed E-state index contributed by atoms with van der Waals surface area (Å²) < 4.78 is 5.17. The largest absolute Gasteiger partial charge is 0.469 e. The molecule has 0 radical (unpaired) electrons. The Balaban J connectivity index is 1.66. The number of ether oxygens (including phenoxy) is 1. The standard InChI is InChI=1S/C14H21N3O4S/c1-2-3-7-21-17-10-4-5-11(16(9-10)13(17)19)12(18)15-6-8-20-14(15)22/h10-11H,2-9H2,1H3/t10-,11+/m1/s1. The van der Waals surface area contributed by atoms with E-state index in [4.69, 9.17) is 21.8 Å². The van der Waals surface area contributed by atoms with Gasteiger partial charge in [-0.05, 0) is 31.5 Å². The zero-order valence-electron chi connectivity index (χ0n) is 12.7. The smallest absolute Gasteiger partial charge is 0.345 e. The summed E-state index contributed by atoms with van der Waals surface area (Å²) in [6.45, 7) is 4.06. The normalized spacial score (nSPS) is 27.6. The van der Waals surface area contributed by atoms with E-state index in [1.165, 1.54) is 9.96 Å². The van der Waals surface area contributed by atoms with Crippen LogP contribution in [0.25, 0.3) is 0 Å². The fourth-order valence-electron chi connectivity index (χ4n) is 3.14. The van der Waals surface area contributed by atoms with Crippen molar-refractivity contribution in [2.45, 2.75) is 44.7 Å². The van der Waals surface area contributed by atoms with Gasteiger partial charge in [-0.3, -0.25) is 14.5 Å². The molecule has 3 rings (SSSR count). The molecule has 3 fully saturated rings. The summed E-state index contributed by atoms with van der Waals surface area (Å²) in [7, 11) is 0. The summed E-state index contributed by atoms with van der Waals surface area (Å²) in [4.78, 5) is 33.8. The van der Waals surface area contributed by atoms with E-state index in [0.29, 0.717) is 32.7 Å². The van der Waals surface area contributed by atoms with Gasteiger partial charge in [0.1, 0.15) is 12.6 Å². The van der Waals surface area contributed by atoms with Crippen LogP contribution in [0.4, 0.5) is 4.79 Å². The summed E-state index contributed by atoms with van der Waals surface area (Å²) in [5.41, 5.74) is 0. The van der Waals surface area contributed by atoms with Gasteiger partial charge in [-0.15, -0.1) is 0 Å². The average molecular weight is 327 g/mol. The first kappa shape index (κ1) is 15.5. The molecule has 3 aliphatic heterocycles. The van der Waals surface area contributed by atoms with E-state index in [0.717, 1.165) is 19.3 Å². The van der Waals surface area contributed by atoms with Crippen LogP contribution in [-0.2, 0) is 14.4 Å². The molecule has 2 bridgehead atoms. The lowest BCUT2D eigenvalue weighted by atomic mass is 10.00. The van der Waals surface area contributed by atoms with E-state index in [2.05, 4.69) is 6.92 Å². The van der Waals surface area contributed by atoms with Gasteiger partial charge in [-0.25, -0.2) is 4.79 Å². The zero-order chi connectivity index (χ0) is 15.7. The minimum Gasteiger partial charge on any atom is -0.469 e. The van der Waals surface area contributed by atoms with E-state index < -0.39 is 6.04 Å². The van der Waals surface area contributed by atoms with Crippen molar-refractivity contribution in [1.29, 1.82) is 0 Å². The highest BCUT2D eigenvalue weighted by atomic mass is 32.1. The number of rotatable bonds is 5. The van der Waals surface area contributed by atoms with Crippen molar-refractivity contribution in [1.82, 2.24) is 14.9 Å². The second-order valence-electron chi connectivity index (χ2n) is 5.80. The topological polar surface area (TPSA) is 62.3 Å². The highest BCUT2D eigenvalue weighted by Gasteiger charge is 2.49. The van der Waals surface area contributed by atoms with Crippen LogP contribution in [0.2, 0.25) is 0 Å². The highest BCUT2D eigenvalue weighted by molar-refractivity contribution is 7.80. The molecule has 0 saturated carbocycles. The fourth-order valence-corrected chi connectivity index (χ4v) is 3.40. The van der Waals surface area contributed by atoms with Crippen LogP contribution in [0.3, 0.4) is 0 Å². The molecule has 22 heavy (non-hydrogen) atoms. The zero-order valence-corrected chi connectivity index (χ0v) is 13.5. The molecule has 8 heteroatoms. The third-order valence-corrected chi connectivity index (χ3v) is 4.70. The number of carbonyl (C=O) groups excluding carboxylic acids is 2. The number of nitrogens with zero attached hydrogens (tertiary/aromatic N) is 3. The molecule has 0 N–H and O–H groups in total. The first-order valence-electron chi connectivity index (χ1n) is 7.84. The number of hydroxylamine groups is 2. The Bertz CT molecular complexity index is 487. The molecule has 3 heterocycles. The van der Waals surface area contributed by atoms with Crippen molar-refractivity contribution in [3.05, 3.63) is 0 Å². The van der Waals surface area contributed by atoms with Crippen LogP contribution in [0, 0.1) is 0 Å². The van der Waals surface area contributed by atoms with E-state index in [1.807, 2.05) is 0 Å². The van der Waals surface area contributed by atoms with Gasteiger partial charge < -0.3 is 9.64 Å². The van der Waals surface area contributed by atoms with Crippen LogP contribution in [0.5, 0.6) is 0 Å². The van der Waals surface area contributed by atoms with Gasteiger partial charge >= 0.3 is 6.03 Å². The Morgan fingerprint density at radius 2 is 2.27 bits per heavy atom. The van der Waals surface area contributed by atoms with E-state index in [1.54, 1.807) is 4.90 Å². The minimum absolute atomic E-state index is 0.0511. The first-order chi connectivity index (χ1) is 10.6. The number of hydrogen-bond donors (Lipinski definition) is 0. The second kappa shape index (κ2) is 6.37.